The minimum Gasteiger partial charge on any atom is -0.497 e. The van der Waals surface area contributed by atoms with E-state index in [1.807, 2.05) is 25.1 Å². The predicted octanol–water partition coefficient (Wildman–Crippen LogP) is 2.17. The first kappa shape index (κ1) is 13.1. The Labute approximate surface area is 109 Å². The van der Waals surface area contributed by atoms with Crippen LogP contribution in [0.5, 0.6) is 0 Å². The molecule has 0 saturated heterocycles. The maximum absolute atomic E-state index is 9.44. The van der Waals surface area contributed by atoms with Crippen LogP contribution in [0.4, 0.5) is 0 Å². The SMILES string of the molecule is CCOC1=CCC(CO)N(Cc2ccccc2)C1. The zero-order chi connectivity index (χ0) is 12.8. The van der Waals surface area contributed by atoms with Gasteiger partial charge in [-0.05, 0) is 25.0 Å². The first-order valence-electron chi connectivity index (χ1n) is 6.54. The Morgan fingerprint density at radius 2 is 2.11 bits per heavy atom. The zero-order valence-electron chi connectivity index (χ0n) is 10.9. The molecule has 3 heteroatoms. The number of ether oxygens (including phenoxy) is 1. The Balaban J connectivity index is 2.03. The van der Waals surface area contributed by atoms with Gasteiger partial charge in [-0.25, -0.2) is 0 Å². The van der Waals surface area contributed by atoms with Crippen LogP contribution in [0.3, 0.4) is 0 Å². The van der Waals surface area contributed by atoms with Crippen molar-refractivity contribution in [2.45, 2.75) is 25.9 Å². The fraction of sp³-hybridized carbons (Fsp3) is 0.467. The van der Waals surface area contributed by atoms with Gasteiger partial charge in [-0.1, -0.05) is 30.3 Å². The summed E-state index contributed by atoms with van der Waals surface area (Å²) < 4.78 is 5.58. The summed E-state index contributed by atoms with van der Waals surface area (Å²) in [6, 6.07) is 10.6. The van der Waals surface area contributed by atoms with E-state index in [-0.39, 0.29) is 12.6 Å². The second-order valence-electron chi connectivity index (χ2n) is 4.57. The molecule has 2 rings (SSSR count). The van der Waals surface area contributed by atoms with Crippen LogP contribution in [0.15, 0.2) is 42.2 Å². The summed E-state index contributed by atoms with van der Waals surface area (Å²) in [5.74, 6) is 1.03. The number of benzene rings is 1. The minimum atomic E-state index is 0.197. The normalized spacial score (nSPS) is 20.6. The number of aliphatic hydroxyl groups is 1. The van der Waals surface area contributed by atoms with Gasteiger partial charge in [0.1, 0.15) is 5.76 Å². The summed E-state index contributed by atoms with van der Waals surface area (Å²) in [7, 11) is 0. The Kier molecular flexibility index (Phi) is 4.79. The molecule has 0 aromatic heterocycles. The van der Waals surface area contributed by atoms with Gasteiger partial charge in [-0.15, -0.1) is 0 Å². The van der Waals surface area contributed by atoms with Crippen LogP contribution in [0.1, 0.15) is 18.9 Å². The number of hydrogen-bond donors (Lipinski definition) is 1. The third-order valence-corrected chi connectivity index (χ3v) is 3.26. The first-order valence-corrected chi connectivity index (χ1v) is 6.54. The molecule has 0 radical (unpaired) electrons. The maximum atomic E-state index is 9.44. The van der Waals surface area contributed by atoms with E-state index in [1.165, 1.54) is 5.56 Å². The van der Waals surface area contributed by atoms with E-state index in [0.29, 0.717) is 6.61 Å². The van der Waals surface area contributed by atoms with E-state index >= 15 is 0 Å². The van der Waals surface area contributed by atoms with Crippen molar-refractivity contribution in [3.8, 4) is 0 Å². The van der Waals surface area contributed by atoms with E-state index in [1.54, 1.807) is 0 Å². The molecular formula is C15H21NO2. The summed E-state index contributed by atoms with van der Waals surface area (Å²) in [6.45, 7) is 4.54. The molecule has 1 aliphatic rings. The quantitative estimate of drug-likeness (QED) is 0.865. The molecule has 0 spiro atoms. The monoisotopic (exact) mass is 247 g/mol. The average Bonchev–Trinajstić information content (AvgIpc) is 2.41. The highest BCUT2D eigenvalue weighted by Crippen LogP contribution is 2.19. The number of hydrogen-bond acceptors (Lipinski definition) is 3. The van der Waals surface area contributed by atoms with Crippen LogP contribution in [0.2, 0.25) is 0 Å². The molecule has 1 N–H and O–H groups in total. The van der Waals surface area contributed by atoms with Gasteiger partial charge in [0.25, 0.3) is 0 Å². The number of nitrogens with zero attached hydrogens (tertiary/aromatic N) is 1. The van der Waals surface area contributed by atoms with Crippen molar-refractivity contribution in [2.75, 3.05) is 19.8 Å². The van der Waals surface area contributed by atoms with Crippen LogP contribution < -0.4 is 0 Å². The topological polar surface area (TPSA) is 32.7 Å². The van der Waals surface area contributed by atoms with Crippen molar-refractivity contribution in [3.63, 3.8) is 0 Å². The van der Waals surface area contributed by atoms with Crippen molar-refractivity contribution in [3.05, 3.63) is 47.7 Å². The second-order valence-corrected chi connectivity index (χ2v) is 4.57. The Hall–Kier alpha value is -1.32. The molecule has 18 heavy (non-hydrogen) atoms. The molecule has 0 saturated carbocycles. The van der Waals surface area contributed by atoms with Gasteiger partial charge in [0.2, 0.25) is 0 Å². The molecule has 1 unspecified atom stereocenters. The molecule has 98 valence electrons. The lowest BCUT2D eigenvalue weighted by Crippen LogP contribution is -2.41. The standard InChI is InChI=1S/C15H21NO2/c1-2-18-15-9-8-14(12-17)16(11-15)10-13-6-4-3-5-7-13/h3-7,9,14,17H,2,8,10-12H2,1H3. The summed E-state index contributed by atoms with van der Waals surface area (Å²) >= 11 is 0. The zero-order valence-corrected chi connectivity index (χ0v) is 10.9. The highest BCUT2D eigenvalue weighted by molar-refractivity contribution is 5.16. The number of rotatable bonds is 5. The van der Waals surface area contributed by atoms with Gasteiger partial charge in [0.15, 0.2) is 0 Å². The smallest absolute Gasteiger partial charge is 0.106 e. The average molecular weight is 247 g/mol. The van der Waals surface area contributed by atoms with Crippen molar-refractivity contribution in [1.82, 2.24) is 4.90 Å². The molecule has 0 fully saturated rings. The molecule has 3 nitrogen and oxygen atoms in total. The summed E-state index contributed by atoms with van der Waals surface area (Å²) in [4.78, 5) is 2.28. The molecule has 1 heterocycles. The molecule has 0 amide bonds. The van der Waals surface area contributed by atoms with E-state index in [9.17, 15) is 5.11 Å². The fourth-order valence-electron chi connectivity index (χ4n) is 2.29. The van der Waals surface area contributed by atoms with Crippen molar-refractivity contribution >= 4 is 0 Å². The van der Waals surface area contributed by atoms with Crippen molar-refractivity contribution < 1.29 is 9.84 Å². The van der Waals surface area contributed by atoms with Crippen LogP contribution in [-0.4, -0.2) is 35.8 Å². The van der Waals surface area contributed by atoms with Gasteiger partial charge >= 0.3 is 0 Å². The van der Waals surface area contributed by atoms with Crippen LogP contribution in [0.25, 0.3) is 0 Å². The minimum absolute atomic E-state index is 0.197. The van der Waals surface area contributed by atoms with Gasteiger partial charge in [-0.3, -0.25) is 4.90 Å². The molecule has 1 atom stereocenters. The number of aliphatic hydroxyl groups excluding tert-OH is 1. The summed E-state index contributed by atoms with van der Waals surface area (Å²) in [5, 5.41) is 9.44. The first-order chi connectivity index (χ1) is 8.83. The summed E-state index contributed by atoms with van der Waals surface area (Å²) in [5.41, 5.74) is 1.27. The van der Waals surface area contributed by atoms with Gasteiger partial charge in [0, 0.05) is 12.6 Å². The van der Waals surface area contributed by atoms with E-state index in [0.717, 1.165) is 25.3 Å². The van der Waals surface area contributed by atoms with Crippen molar-refractivity contribution in [2.24, 2.45) is 0 Å². The predicted molar refractivity (Wildman–Crippen MR) is 72.1 cm³/mol. The summed E-state index contributed by atoms with van der Waals surface area (Å²) in [6.07, 6.45) is 2.96. The fourth-order valence-corrected chi connectivity index (χ4v) is 2.29. The van der Waals surface area contributed by atoms with E-state index < -0.39 is 0 Å². The van der Waals surface area contributed by atoms with Crippen LogP contribution in [-0.2, 0) is 11.3 Å². The molecule has 0 aliphatic carbocycles. The lowest BCUT2D eigenvalue weighted by molar-refractivity contribution is 0.0880. The molecule has 1 aromatic carbocycles. The molecular weight excluding hydrogens is 226 g/mol. The highest BCUT2D eigenvalue weighted by atomic mass is 16.5. The lowest BCUT2D eigenvalue weighted by Gasteiger charge is -2.34. The highest BCUT2D eigenvalue weighted by Gasteiger charge is 2.23. The van der Waals surface area contributed by atoms with Gasteiger partial charge in [-0.2, -0.15) is 0 Å². The Morgan fingerprint density at radius 1 is 1.33 bits per heavy atom. The van der Waals surface area contributed by atoms with E-state index in [2.05, 4.69) is 23.1 Å². The third kappa shape index (κ3) is 3.34. The van der Waals surface area contributed by atoms with Crippen LogP contribution >= 0.6 is 0 Å². The van der Waals surface area contributed by atoms with E-state index in [4.69, 9.17) is 4.74 Å². The maximum Gasteiger partial charge on any atom is 0.106 e. The largest absolute Gasteiger partial charge is 0.497 e. The molecule has 1 aliphatic heterocycles. The Bertz CT molecular complexity index is 389. The Morgan fingerprint density at radius 3 is 2.78 bits per heavy atom. The van der Waals surface area contributed by atoms with Gasteiger partial charge in [0.05, 0.1) is 19.8 Å². The second kappa shape index (κ2) is 6.57. The van der Waals surface area contributed by atoms with Crippen LogP contribution in [0, 0.1) is 0 Å². The van der Waals surface area contributed by atoms with Crippen molar-refractivity contribution in [1.29, 1.82) is 0 Å². The van der Waals surface area contributed by atoms with Gasteiger partial charge < -0.3 is 9.84 Å². The third-order valence-electron chi connectivity index (χ3n) is 3.26. The lowest BCUT2D eigenvalue weighted by atomic mass is 10.1. The molecule has 1 aromatic rings. The molecule has 0 bridgehead atoms.